The molecule has 2 atom stereocenters. The zero-order valence-electron chi connectivity index (χ0n) is 9.19. The minimum absolute atomic E-state index is 0.166. The van der Waals surface area contributed by atoms with Crippen molar-refractivity contribution in [3.8, 4) is 0 Å². The second-order valence-corrected chi connectivity index (χ2v) is 6.62. The quantitative estimate of drug-likeness (QED) is 0.755. The Morgan fingerprint density at radius 3 is 2.44 bits per heavy atom. The van der Waals surface area contributed by atoms with Gasteiger partial charge in [-0.3, -0.25) is 9.52 Å². The molecule has 0 aliphatic heterocycles. The third-order valence-corrected chi connectivity index (χ3v) is 5.30. The number of allylic oxidation sites excluding steroid dienone is 1. The minimum Gasteiger partial charge on any atom is -0.274 e. The summed E-state index contributed by atoms with van der Waals surface area (Å²) in [6.45, 7) is 3.60. The first-order chi connectivity index (χ1) is 7.54. The lowest BCUT2D eigenvalue weighted by Gasteiger charge is -2.11. The number of nitrogens with one attached hydrogen (secondary N) is 1. The Kier molecular flexibility index (Phi) is 3.06. The monoisotopic (exact) mass is 243 g/mol. The van der Waals surface area contributed by atoms with E-state index in [9.17, 15) is 13.2 Å². The summed E-state index contributed by atoms with van der Waals surface area (Å²) in [7, 11) is -3.43. The fourth-order valence-corrected chi connectivity index (χ4v) is 3.83. The highest BCUT2D eigenvalue weighted by atomic mass is 32.2. The molecule has 0 radical (unpaired) electrons. The molecule has 0 saturated heterocycles. The second-order valence-electron chi connectivity index (χ2n) is 4.66. The molecule has 0 spiro atoms. The average molecular weight is 243 g/mol. The topological polar surface area (TPSA) is 63.2 Å². The number of carbonyl (C=O) groups excluding carboxylic acids is 1. The van der Waals surface area contributed by atoms with E-state index in [1.54, 1.807) is 6.08 Å². The molecule has 2 aliphatic rings. The Labute approximate surface area is 96.2 Å². The minimum atomic E-state index is -3.43. The maximum absolute atomic E-state index is 11.8. The largest absolute Gasteiger partial charge is 0.274 e. The lowest BCUT2D eigenvalue weighted by Crippen LogP contribution is -2.38. The van der Waals surface area contributed by atoms with E-state index in [-0.39, 0.29) is 23.0 Å². The van der Waals surface area contributed by atoms with Crippen LogP contribution in [0.3, 0.4) is 0 Å². The van der Waals surface area contributed by atoms with Crippen molar-refractivity contribution >= 4 is 15.9 Å². The van der Waals surface area contributed by atoms with Crippen LogP contribution in [0.15, 0.2) is 12.7 Å². The summed E-state index contributed by atoms with van der Waals surface area (Å²) in [5.41, 5.74) is 0. The van der Waals surface area contributed by atoms with Gasteiger partial charge in [-0.2, -0.15) is 0 Å². The summed E-state index contributed by atoms with van der Waals surface area (Å²) in [4.78, 5) is 11.6. The zero-order chi connectivity index (χ0) is 11.8. The molecule has 16 heavy (non-hydrogen) atoms. The van der Waals surface area contributed by atoms with E-state index < -0.39 is 10.0 Å². The fraction of sp³-hybridized carbons (Fsp3) is 0.727. The maximum atomic E-state index is 11.8. The van der Waals surface area contributed by atoms with Crippen molar-refractivity contribution in [1.29, 1.82) is 0 Å². The van der Waals surface area contributed by atoms with Gasteiger partial charge >= 0.3 is 0 Å². The van der Waals surface area contributed by atoms with Crippen LogP contribution in [-0.2, 0) is 14.8 Å². The van der Waals surface area contributed by atoms with Gasteiger partial charge in [0, 0.05) is 5.92 Å². The van der Waals surface area contributed by atoms with Gasteiger partial charge in [0.15, 0.2) is 0 Å². The van der Waals surface area contributed by atoms with E-state index in [1.807, 2.05) is 0 Å². The van der Waals surface area contributed by atoms with Crippen molar-refractivity contribution in [2.24, 2.45) is 11.8 Å². The molecule has 0 aromatic carbocycles. The summed E-state index contributed by atoms with van der Waals surface area (Å²) in [5.74, 6) is -0.357. The standard InChI is InChI=1S/C11H17NO3S/c1-2-8-7-10(8)11(13)12-16(14,15)9-5-3-4-6-9/h2,8-10H,1,3-7H2,(H,12,13)/t8-,10?/m1/s1. The van der Waals surface area contributed by atoms with Crippen molar-refractivity contribution in [2.75, 3.05) is 0 Å². The Balaban J connectivity index is 1.93. The maximum Gasteiger partial charge on any atom is 0.237 e. The van der Waals surface area contributed by atoms with E-state index >= 15 is 0 Å². The Morgan fingerprint density at radius 1 is 1.31 bits per heavy atom. The second kappa shape index (κ2) is 4.20. The highest BCUT2D eigenvalue weighted by Crippen LogP contribution is 2.39. The summed E-state index contributed by atoms with van der Waals surface area (Å²) < 4.78 is 25.8. The van der Waals surface area contributed by atoms with E-state index in [0.29, 0.717) is 12.8 Å². The van der Waals surface area contributed by atoms with Gasteiger partial charge < -0.3 is 0 Å². The Hall–Kier alpha value is -0.840. The van der Waals surface area contributed by atoms with Crippen LogP contribution in [-0.4, -0.2) is 19.6 Å². The lowest BCUT2D eigenvalue weighted by molar-refractivity contribution is -0.120. The molecule has 0 aromatic heterocycles. The first-order valence-electron chi connectivity index (χ1n) is 5.72. The van der Waals surface area contributed by atoms with Gasteiger partial charge in [-0.1, -0.05) is 18.9 Å². The molecule has 2 rings (SSSR count). The summed E-state index contributed by atoms with van der Waals surface area (Å²) >= 11 is 0. The van der Waals surface area contributed by atoms with Crippen LogP contribution < -0.4 is 4.72 Å². The van der Waals surface area contributed by atoms with Crippen LogP contribution in [0.4, 0.5) is 0 Å². The number of hydrogen-bond acceptors (Lipinski definition) is 3. The van der Waals surface area contributed by atoms with Gasteiger partial charge in [-0.05, 0) is 25.2 Å². The highest BCUT2D eigenvalue weighted by molar-refractivity contribution is 7.90. The molecule has 2 fully saturated rings. The number of amides is 1. The molecule has 1 N–H and O–H groups in total. The van der Waals surface area contributed by atoms with Gasteiger partial charge in [0.25, 0.3) is 0 Å². The number of rotatable bonds is 4. The number of sulfonamides is 1. The SMILES string of the molecule is C=C[C@@H]1CC1C(=O)NS(=O)(=O)C1CCCC1. The van der Waals surface area contributed by atoms with E-state index in [1.165, 1.54) is 0 Å². The van der Waals surface area contributed by atoms with Crippen LogP contribution in [0.25, 0.3) is 0 Å². The predicted octanol–water partition coefficient (Wildman–Crippen LogP) is 1.20. The Bertz CT molecular complexity index is 395. The first kappa shape index (κ1) is 11.6. The molecule has 0 aromatic rings. The van der Waals surface area contributed by atoms with E-state index in [4.69, 9.17) is 0 Å². The van der Waals surface area contributed by atoms with Gasteiger partial charge in [0.2, 0.25) is 15.9 Å². The van der Waals surface area contributed by atoms with Crippen molar-refractivity contribution in [3.63, 3.8) is 0 Å². The van der Waals surface area contributed by atoms with Crippen molar-refractivity contribution in [2.45, 2.75) is 37.4 Å². The molecule has 2 saturated carbocycles. The third-order valence-electron chi connectivity index (χ3n) is 3.46. The third kappa shape index (κ3) is 2.29. The van der Waals surface area contributed by atoms with Crippen LogP contribution in [0, 0.1) is 11.8 Å². The smallest absolute Gasteiger partial charge is 0.237 e. The Morgan fingerprint density at radius 2 is 1.94 bits per heavy atom. The van der Waals surface area contributed by atoms with E-state index in [0.717, 1.165) is 19.3 Å². The van der Waals surface area contributed by atoms with Crippen LogP contribution >= 0.6 is 0 Å². The van der Waals surface area contributed by atoms with Gasteiger partial charge in [0.1, 0.15) is 0 Å². The molecule has 2 aliphatic carbocycles. The normalized spacial score (nSPS) is 30.0. The molecule has 5 heteroatoms. The van der Waals surface area contributed by atoms with Gasteiger partial charge in [0.05, 0.1) is 5.25 Å². The van der Waals surface area contributed by atoms with E-state index in [2.05, 4.69) is 11.3 Å². The molecule has 0 heterocycles. The first-order valence-corrected chi connectivity index (χ1v) is 7.27. The predicted molar refractivity (Wildman–Crippen MR) is 61.1 cm³/mol. The lowest BCUT2D eigenvalue weighted by atomic mass is 10.3. The highest BCUT2D eigenvalue weighted by Gasteiger charge is 2.43. The number of carbonyl (C=O) groups is 1. The zero-order valence-corrected chi connectivity index (χ0v) is 10.0. The summed E-state index contributed by atoms with van der Waals surface area (Å²) in [5, 5.41) is -0.364. The summed E-state index contributed by atoms with van der Waals surface area (Å²) in [6, 6.07) is 0. The van der Waals surface area contributed by atoms with Gasteiger partial charge in [-0.25, -0.2) is 8.42 Å². The van der Waals surface area contributed by atoms with Crippen molar-refractivity contribution in [1.82, 2.24) is 4.72 Å². The molecule has 90 valence electrons. The fourth-order valence-electron chi connectivity index (χ4n) is 2.27. The summed E-state index contributed by atoms with van der Waals surface area (Å²) in [6.07, 6.45) is 5.69. The van der Waals surface area contributed by atoms with Crippen LogP contribution in [0.1, 0.15) is 32.1 Å². The average Bonchev–Trinajstić information content (AvgIpc) is 2.80. The van der Waals surface area contributed by atoms with Crippen molar-refractivity contribution in [3.05, 3.63) is 12.7 Å². The van der Waals surface area contributed by atoms with Crippen LogP contribution in [0.2, 0.25) is 0 Å². The molecule has 4 nitrogen and oxygen atoms in total. The molecule has 1 unspecified atom stereocenters. The number of hydrogen-bond donors (Lipinski definition) is 1. The van der Waals surface area contributed by atoms with Gasteiger partial charge in [-0.15, -0.1) is 6.58 Å². The van der Waals surface area contributed by atoms with Crippen molar-refractivity contribution < 1.29 is 13.2 Å². The van der Waals surface area contributed by atoms with Crippen LogP contribution in [0.5, 0.6) is 0 Å². The molecule has 1 amide bonds. The molecule has 0 bridgehead atoms. The molecular formula is C11H17NO3S. The molecular weight excluding hydrogens is 226 g/mol.